The molecule has 0 heterocycles. The quantitative estimate of drug-likeness (QED) is 0.169. The maximum Gasteiger partial charge on any atom is 0.335 e. The highest BCUT2D eigenvalue weighted by Crippen LogP contribution is 2.42. The van der Waals surface area contributed by atoms with Crippen LogP contribution in [-0.2, 0) is 14.4 Å². The minimum absolute atomic E-state index is 0.0632. The summed E-state index contributed by atoms with van der Waals surface area (Å²) >= 11 is 4.48. The van der Waals surface area contributed by atoms with Crippen molar-refractivity contribution in [3.8, 4) is 0 Å². The molecule has 4 N–H and O–H groups in total. The van der Waals surface area contributed by atoms with Gasteiger partial charge in [0.2, 0.25) is 6.41 Å². The molecule has 1 aliphatic carbocycles. The zero-order valence-electron chi connectivity index (χ0n) is 13.7. The Hall–Kier alpha value is -1.31. The number of amides is 1. The van der Waals surface area contributed by atoms with Crippen LogP contribution in [0.4, 0.5) is 0 Å². The minimum Gasteiger partial charge on any atom is -0.478 e. The third kappa shape index (κ3) is 6.37. The number of hydrogen-bond acceptors (Lipinski definition) is 5. The lowest BCUT2D eigenvalue weighted by Crippen LogP contribution is -2.24. The van der Waals surface area contributed by atoms with Crippen LogP contribution in [0.1, 0.15) is 46.0 Å². The molecule has 0 unspecified atom stereocenters. The van der Waals surface area contributed by atoms with Crippen LogP contribution in [-0.4, -0.2) is 30.1 Å². The Morgan fingerprint density at radius 1 is 1.57 bits per heavy atom. The van der Waals surface area contributed by atoms with Gasteiger partial charge in [0.05, 0.1) is 11.7 Å². The highest BCUT2D eigenvalue weighted by molar-refractivity contribution is 7.84. The van der Waals surface area contributed by atoms with Crippen molar-refractivity contribution in [1.29, 1.82) is 0 Å². The molecule has 0 saturated heterocycles. The van der Waals surface area contributed by atoms with Crippen LogP contribution >= 0.6 is 12.6 Å². The van der Waals surface area contributed by atoms with E-state index in [0.717, 1.165) is 23.3 Å². The molecule has 0 fully saturated rings. The molecule has 1 amide bonds. The van der Waals surface area contributed by atoms with Gasteiger partial charge in [0, 0.05) is 6.54 Å². The highest BCUT2D eigenvalue weighted by Gasteiger charge is 2.29. The number of carboxylic acid groups (broad SMARTS) is 1. The number of allylic oxidation sites excluding steroid dienone is 1. The van der Waals surface area contributed by atoms with Crippen LogP contribution in [0.2, 0.25) is 0 Å². The predicted molar refractivity (Wildman–Crippen MR) is 91.7 cm³/mol. The van der Waals surface area contributed by atoms with Gasteiger partial charge in [0.25, 0.3) is 0 Å². The first-order valence-corrected chi connectivity index (χ1v) is 8.13. The SMILES string of the molecule is CC1(C)CCC(S)=C(/C(=C/C[C@@H](CCNC=O)ON)C(=O)O)C1. The Balaban J connectivity index is 2.88. The van der Waals surface area contributed by atoms with Crippen LogP contribution in [0.5, 0.6) is 0 Å². The van der Waals surface area contributed by atoms with Crippen molar-refractivity contribution < 1.29 is 19.5 Å². The third-order valence-corrected chi connectivity index (χ3v) is 4.56. The summed E-state index contributed by atoms with van der Waals surface area (Å²) in [6.45, 7) is 4.68. The molecule has 0 radical (unpaired) electrons. The maximum absolute atomic E-state index is 11.6. The lowest BCUT2D eigenvalue weighted by Gasteiger charge is -2.32. The summed E-state index contributed by atoms with van der Waals surface area (Å²) < 4.78 is 0. The van der Waals surface area contributed by atoms with Gasteiger partial charge in [0.1, 0.15) is 0 Å². The normalized spacial score (nSPS) is 19.4. The second-order valence-corrected chi connectivity index (χ2v) is 7.08. The van der Waals surface area contributed by atoms with Crippen molar-refractivity contribution >= 4 is 25.0 Å². The predicted octanol–water partition coefficient (Wildman–Crippen LogP) is 2.18. The molecule has 0 aromatic carbocycles. The summed E-state index contributed by atoms with van der Waals surface area (Å²) in [4.78, 5) is 27.6. The van der Waals surface area contributed by atoms with Crippen LogP contribution in [0.15, 0.2) is 22.1 Å². The molecule has 23 heavy (non-hydrogen) atoms. The van der Waals surface area contributed by atoms with Gasteiger partial charge in [-0.05, 0) is 48.0 Å². The molecule has 6 nitrogen and oxygen atoms in total. The molecule has 7 heteroatoms. The number of carbonyl (C=O) groups is 2. The standard InChI is InChI=1S/C16H26N2O4S/c1-16(2)7-5-14(23)13(9-16)12(15(20)21)4-3-11(22-17)6-8-18-10-19/h4,10-11,23H,3,5-9,17H2,1-2H3,(H,18,19)(H,20,21)/b12-4-/t11-/m0/s1. The molecule has 0 aromatic rings. The molecular weight excluding hydrogens is 316 g/mol. The van der Waals surface area contributed by atoms with Crippen molar-refractivity contribution in [3.63, 3.8) is 0 Å². The van der Waals surface area contributed by atoms with E-state index in [1.807, 2.05) is 0 Å². The molecule has 1 aliphatic rings. The van der Waals surface area contributed by atoms with Crippen molar-refractivity contribution in [2.24, 2.45) is 11.3 Å². The zero-order chi connectivity index (χ0) is 17.5. The fraction of sp³-hybridized carbons (Fsp3) is 0.625. The Kier molecular flexibility index (Phi) is 7.81. The number of hydrogen-bond donors (Lipinski definition) is 4. The average Bonchev–Trinajstić information content (AvgIpc) is 2.48. The van der Waals surface area contributed by atoms with Crippen molar-refractivity contribution in [3.05, 3.63) is 22.1 Å². The van der Waals surface area contributed by atoms with Crippen LogP contribution in [0.25, 0.3) is 0 Å². The number of carboxylic acids is 1. The fourth-order valence-electron chi connectivity index (χ4n) is 2.66. The molecule has 0 aromatic heterocycles. The van der Waals surface area contributed by atoms with Gasteiger partial charge in [-0.25, -0.2) is 10.7 Å². The number of nitrogens with one attached hydrogen (secondary N) is 1. The summed E-state index contributed by atoms with van der Waals surface area (Å²) in [5, 5.41) is 12.1. The Morgan fingerprint density at radius 2 is 2.26 bits per heavy atom. The van der Waals surface area contributed by atoms with E-state index in [4.69, 9.17) is 10.7 Å². The lowest BCUT2D eigenvalue weighted by molar-refractivity contribution is -0.132. The van der Waals surface area contributed by atoms with Gasteiger partial charge in [-0.1, -0.05) is 19.9 Å². The van der Waals surface area contributed by atoms with Gasteiger partial charge in [-0.2, -0.15) is 0 Å². The summed E-state index contributed by atoms with van der Waals surface area (Å²) in [5.74, 6) is 4.28. The smallest absolute Gasteiger partial charge is 0.335 e. The number of carbonyl (C=O) groups excluding carboxylic acids is 1. The molecule has 0 aliphatic heterocycles. The van der Waals surface area contributed by atoms with Crippen LogP contribution < -0.4 is 11.2 Å². The van der Waals surface area contributed by atoms with Crippen LogP contribution in [0.3, 0.4) is 0 Å². The molecule has 1 rings (SSSR count). The topological polar surface area (TPSA) is 102 Å². The van der Waals surface area contributed by atoms with Crippen molar-refractivity contribution in [1.82, 2.24) is 5.32 Å². The monoisotopic (exact) mass is 342 g/mol. The summed E-state index contributed by atoms with van der Waals surface area (Å²) in [6, 6.07) is 0. The zero-order valence-corrected chi connectivity index (χ0v) is 14.6. The largest absolute Gasteiger partial charge is 0.478 e. The first kappa shape index (κ1) is 19.7. The van der Waals surface area contributed by atoms with Crippen molar-refractivity contribution in [2.75, 3.05) is 6.54 Å². The number of thiol groups is 1. The van der Waals surface area contributed by atoms with Gasteiger partial charge < -0.3 is 15.3 Å². The van der Waals surface area contributed by atoms with E-state index in [9.17, 15) is 14.7 Å². The number of rotatable bonds is 9. The maximum atomic E-state index is 11.6. The summed E-state index contributed by atoms with van der Waals surface area (Å²) in [6.07, 6.45) is 5.25. The summed E-state index contributed by atoms with van der Waals surface area (Å²) in [7, 11) is 0. The Labute approximate surface area is 142 Å². The van der Waals surface area contributed by atoms with E-state index in [-0.39, 0.29) is 17.1 Å². The molecular formula is C16H26N2O4S. The molecule has 0 saturated carbocycles. The third-order valence-electron chi connectivity index (χ3n) is 4.07. The van der Waals surface area contributed by atoms with E-state index in [1.165, 1.54) is 0 Å². The van der Waals surface area contributed by atoms with Gasteiger partial charge >= 0.3 is 5.97 Å². The number of nitrogens with two attached hydrogens (primary N) is 1. The fourth-order valence-corrected chi connectivity index (χ4v) is 2.97. The van der Waals surface area contributed by atoms with Crippen molar-refractivity contribution in [2.45, 2.75) is 52.1 Å². The molecule has 0 bridgehead atoms. The average molecular weight is 342 g/mol. The second kappa shape index (κ2) is 9.10. The second-order valence-electron chi connectivity index (χ2n) is 6.54. The van der Waals surface area contributed by atoms with Crippen LogP contribution in [0, 0.1) is 5.41 Å². The summed E-state index contributed by atoms with van der Waals surface area (Å²) in [5.41, 5.74) is 1.13. The van der Waals surface area contributed by atoms with Gasteiger partial charge in [-0.15, -0.1) is 12.6 Å². The molecule has 1 atom stereocenters. The van der Waals surface area contributed by atoms with E-state index in [2.05, 4.69) is 31.8 Å². The Morgan fingerprint density at radius 3 is 2.83 bits per heavy atom. The van der Waals surface area contributed by atoms with E-state index in [0.29, 0.717) is 32.2 Å². The van der Waals surface area contributed by atoms with Gasteiger partial charge in [0.15, 0.2) is 0 Å². The van der Waals surface area contributed by atoms with E-state index < -0.39 is 5.97 Å². The van der Waals surface area contributed by atoms with E-state index >= 15 is 0 Å². The van der Waals surface area contributed by atoms with E-state index in [1.54, 1.807) is 6.08 Å². The lowest BCUT2D eigenvalue weighted by atomic mass is 9.75. The highest BCUT2D eigenvalue weighted by atomic mass is 32.1. The first-order chi connectivity index (χ1) is 10.8. The first-order valence-electron chi connectivity index (χ1n) is 7.68. The Bertz CT molecular complexity index is 500. The van der Waals surface area contributed by atoms with Gasteiger partial charge in [-0.3, -0.25) is 4.79 Å². The number of aliphatic carboxylic acids is 1. The molecule has 0 spiro atoms. The molecule has 130 valence electrons. The minimum atomic E-state index is -0.967.